The van der Waals surface area contributed by atoms with Gasteiger partial charge >= 0.3 is 5.97 Å². The molecule has 1 saturated heterocycles. The van der Waals surface area contributed by atoms with Crippen molar-refractivity contribution >= 4 is 11.9 Å². The number of rotatable bonds is 2. The molecule has 1 amide bonds. The van der Waals surface area contributed by atoms with Crippen molar-refractivity contribution in [1.82, 2.24) is 4.90 Å². The largest absolute Gasteiger partial charge is 0.466 e. The highest BCUT2D eigenvalue weighted by Crippen LogP contribution is 2.11. The SMILES string of the molecule is C=C(C)C(=O)OC.CC(O)N1CCCC1=O. The van der Waals surface area contributed by atoms with Crippen LogP contribution < -0.4 is 0 Å². The van der Waals surface area contributed by atoms with Gasteiger partial charge in [0, 0.05) is 18.5 Å². The Balaban J connectivity index is 0.000000293. The molecule has 1 aliphatic heterocycles. The minimum Gasteiger partial charge on any atom is -0.466 e. The van der Waals surface area contributed by atoms with Crippen LogP contribution in [0.15, 0.2) is 12.2 Å². The molecule has 5 heteroatoms. The maximum Gasteiger partial charge on any atom is 0.332 e. The smallest absolute Gasteiger partial charge is 0.332 e. The van der Waals surface area contributed by atoms with Crippen LogP contribution >= 0.6 is 0 Å². The summed E-state index contributed by atoms with van der Waals surface area (Å²) in [6.07, 6.45) is 0.897. The number of aliphatic hydroxyl groups is 1. The minimum absolute atomic E-state index is 0.0741. The quantitative estimate of drug-likeness (QED) is 0.558. The van der Waals surface area contributed by atoms with Crippen molar-refractivity contribution in [2.75, 3.05) is 13.7 Å². The first-order valence-electron chi connectivity index (χ1n) is 5.11. The zero-order valence-corrected chi connectivity index (χ0v) is 10.0. The van der Waals surface area contributed by atoms with Crippen molar-refractivity contribution < 1.29 is 19.4 Å². The molecule has 0 aromatic carbocycles. The van der Waals surface area contributed by atoms with Gasteiger partial charge in [-0.05, 0) is 20.3 Å². The summed E-state index contributed by atoms with van der Waals surface area (Å²) in [5.74, 6) is -0.273. The maximum absolute atomic E-state index is 10.8. The highest BCUT2D eigenvalue weighted by atomic mass is 16.5. The third-order valence-electron chi connectivity index (χ3n) is 2.09. The van der Waals surface area contributed by atoms with Gasteiger partial charge in [-0.3, -0.25) is 4.79 Å². The van der Waals surface area contributed by atoms with Crippen molar-refractivity contribution in [3.05, 3.63) is 12.2 Å². The molecule has 0 bridgehead atoms. The van der Waals surface area contributed by atoms with E-state index < -0.39 is 6.23 Å². The fourth-order valence-electron chi connectivity index (χ4n) is 1.24. The molecule has 1 atom stereocenters. The van der Waals surface area contributed by atoms with Crippen LogP contribution in [0.2, 0.25) is 0 Å². The zero-order chi connectivity index (χ0) is 12.7. The third-order valence-corrected chi connectivity index (χ3v) is 2.09. The molecular weight excluding hydrogens is 210 g/mol. The molecule has 1 unspecified atom stereocenters. The molecule has 1 aliphatic rings. The van der Waals surface area contributed by atoms with Gasteiger partial charge < -0.3 is 14.7 Å². The average molecular weight is 229 g/mol. The number of hydrogen-bond acceptors (Lipinski definition) is 4. The molecule has 1 heterocycles. The number of hydrogen-bond donors (Lipinski definition) is 1. The molecule has 5 nitrogen and oxygen atoms in total. The van der Waals surface area contributed by atoms with Crippen molar-refractivity contribution in [2.24, 2.45) is 0 Å². The van der Waals surface area contributed by atoms with Crippen LogP contribution in [0.5, 0.6) is 0 Å². The number of nitrogens with zero attached hydrogens (tertiary/aromatic N) is 1. The lowest BCUT2D eigenvalue weighted by Gasteiger charge is -2.17. The van der Waals surface area contributed by atoms with Gasteiger partial charge in [0.15, 0.2) is 0 Å². The van der Waals surface area contributed by atoms with Crippen LogP contribution in [-0.4, -0.2) is 41.8 Å². The van der Waals surface area contributed by atoms with Gasteiger partial charge in [-0.15, -0.1) is 0 Å². The normalized spacial score (nSPS) is 16.2. The van der Waals surface area contributed by atoms with E-state index in [4.69, 9.17) is 5.11 Å². The summed E-state index contributed by atoms with van der Waals surface area (Å²) in [6.45, 7) is 7.29. The molecule has 0 saturated carbocycles. The summed E-state index contributed by atoms with van der Waals surface area (Å²) >= 11 is 0. The molecule has 0 spiro atoms. The van der Waals surface area contributed by atoms with Crippen LogP contribution in [-0.2, 0) is 14.3 Å². The summed E-state index contributed by atoms with van der Waals surface area (Å²) < 4.78 is 4.27. The molecule has 0 radical (unpaired) electrons. The summed E-state index contributed by atoms with van der Waals surface area (Å²) in [7, 11) is 1.33. The van der Waals surface area contributed by atoms with E-state index >= 15 is 0 Å². The number of amides is 1. The number of ether oxygens (including phenoxy) is 1. The summed E-state index contributed by atoms with van der Waals surface area (Å²) in [5, 5.41) is 8.93. The van der Waals surface area contributed by atoms with Gasteiger partial charge in [-0.25, -0.2) is 4.79 Å². The summed E-state index contributed by atoms with van der Waals surface area (Å²) in [4.78, 5) is 22.5. The molecule has 1 fully saturated rings. The second-order valence-corrected chi connectivity index (χ2v) is 3.59. The molecule has 1 rings (SSSR count). The predicted octanol–water partition coefficient (Wildman–Crippen LogP) is 0.683. The maximum atomic E-state index is 10.8. The number of methoxy groups -OCH3 is 1. The van der Waals surface area contributed by atoms with Gasteiger partial charge in [0.2, 0.25) is 5.91 Å². The van der Waals surface area contributed by atoms with E-state index in [0.29, 0.717) is 12.0 Å². The van der Waals surface area contributed by atoms with Gasteiger partial charge in [-0.1, -0.05) is 6.58 Å². The molecule has 92 valence electrons. The minimum atomic E-state index is -0.597. The van der Waals surface area contributed by atoms with E-state index in [0.717, 1.165) is 13.0 Å². The first-order chi connectivity index (χ1) is 7.40. The molecule has 0 aromatic heterocycles. The highest BCUT2D eigenvalue weighted by Gasteiger charge is 2.22. The number of carbonyl (C=O) groups is 2. The molecular formula is C11H19NO4. The van der Waals surface area contributed by atoms with Gasteiger partial charge in [0.25, 0.3) is 0 Å². The number of carbonyl (C=O) groups excluding carboxylic acids is 2. The van der Waals surface area contributed by atoms with Crippen LogP contribution in [0.3, 0.4) is 0 Å². The number of aliphatic hydroxyl groups excluding tert-OH is 1. The zero-order valence-electron chi connectivity index (χ0n) is 10.0. The fourth-order valence-corrected chi connectivity index (χ4v) is 1.24. The predicted molar refractivity (Wildman–Crippen MR) is 59.5 cm³/mol. The highest BCUT2D eigenvalue weighted by molar-refractivity contribution is 5.86. The number of likely N-dealkylation sites (tertiary alicyclic amines) is 1. The van der Waals surface area contributed by atoms with E-state index in [9.17, 15) is 9.59 Å². The fraction of sp³-hybridized carbons (Fsp3) is 0.636. The van der Waals surface area contributed by atoms with Crippen LogP contribution in [0.25, 0.3) is 0 Å². The van der Waals surface area contributed by atoms with Crippen LogP contribution in [0, 0.1) is 0 Å². The van der Waals surface area contributed by atoms with Crippen LogP contribution in [0.4, 0.5) is 0 Å². The Hall–Kier alpha value is -1.36. The lowest BCUT2D eigenvalue weighted by molar-refractivity contribution is -0.136. The Morgan fingerprint density at radius 3 is 2.31 bits per heavy atom. The lowest BCUT2D eigenvalue weighted by atomic mass is 10.4. The lowest BCUT2D eigenvalue weighted by Crippen LogP contribution is -2.33. The number of esters is 1. The Kier molecular flexibility index (Phi) is 6.41. The van der Waals surface area contributed by atoms with Gasteiger partial charge in [0.05, 0.1) is 7.11 Å². The monoisotopic (exact) mass is 229 g/mol. The second kappa shape index (κ2) is 7.00. The first kappa shape index (κ1) is 14.6. The van der Waals surface area contributed by atoms with E-state index in [-0.39, 0.29) is 11.9 Å². The van der Waals surface area contributed by atoms with E-state index in [2.05, 4.69) is 11.3 Å². The Bertz CT molecular complexity index is 273. The molecule has 1 N–H and O–H groups in total. The topological polar surface area (TPSA) is 66.8 Å². The third kappa shape index (κ3) is 4.93. The Morgan fingerprint density at radius 1 is 1.62 bits per heavy atom. The first-order valence-corrected chi connectivity index (χ1v) is 5.11. The van der Waals surface area contributed by atoms with Crippen molar-refractivity contribution in [3.63, 3.8) is 0 Å². The van der Waals surface area contributed by atoms with Crippen molar-refractivity contribution in [2.45, 2.75) is 32.9 Å². The van der Waals surface area contributed by atoms with Crippen molar-refractivity contribution in [3.8, 4) is 0 Å². The standard InChI is InChI=1S/C6H11NO2.C5H8O2/c1-5(8)7-4-2-3-6(7)9;1-4(2)5(6)7-3/h5,8H,2-4H2,1H3;1H2,2-3H3. The van der Waals surface area contributed by atoms with E-state index in [1.165, 1.54) is 12.0 Å². The van der Waals surface area contributed by atoms with E-state index in [1.807, 2.05) is 0 Å². The summed E-state index contributed by atoms with van der Waals surface area (Å²) in [6, 6.07) is 0. The molecule has 0 aromatic rings. The van der Waals surface area contributed by atoms with Crippen molar-refractivity contribution in [1.29, 1.82) is 0 Å². The van der Waals surface area contributed by atoms with Gasteiger partial charge in [-0.2, -0.15) is 0 Å². The van der Waals surface area contributed by atoms with E-state index in [1.54, 1.807) is 13.8 Å². The average Bonchev–Trinajstić information content (AvgIpc) is 2.64. The van der Waals surface area contributed by atoms with Crippen LogP contribution in [0.1, 0.15) is 26.7 Å². The Labute approximate surface area is 95.7 Å². The molecule has 0 aliphatic carbocycles. The van der Waals surface area contributed by atoms with Gasteiger partial charge in [0.1, 0.15) is 6.23 Å². The Morgan fingerprint density at radius 2 is 2.19 bits per heavy atom. The summed E-state index contributed by atoms with van der Waals surface area (Å²) in [5.41, 5.74) is 0.433. The molecule has 16 heavy (non-hydrogen) atoms. The second-order valence-electron chi connectivity index (χ2n) is 3.59.